The highest BCUT2D eigenvalue weighted by Crippen LogP contribution is 1.76. The van der Waals surface area contributed by atoms with E-state index in [0.29, 0.717) is 13.2 Å². The van der Waals surface area contributed by atoms with Crippen LogP contribution in [0.25, 0.3) is 0 Å². The van der Waals surface area contributed by atoms with Gasteiger partial charge in [-0.1, -0.05) is 0 Å². The molecule has 0 aromatic heterocycles. The van der Waals surface area contributed by atoms with Gasteiger partial charge in [0.05, 0.1) is 13.2 Å². The zero-order chi connectivity index (χ0) is 11.5. The van der Waals surface area contributed by atoms with Crippen LogP contribution in [0.1, 0.15) is 0 Å². The van der Waals surface area contributed by atoms with E-state index in [1.54, 1.807) is 0 Å². The minimum Gasteiger partial charge on any atom is -0.480 e. The van der Waals surface area contributed by atoms with Gasteiger partial charge in [-0.25, -0.2) is 4.79 Å². The van der Waals surface area contributed by atoms with Gasteiger partial charge in [-0.15, -0.1) is 0 Å². The number of carboxylic acid groups (broad SMARTS) is 1. The van der Waals surface area contributed by atoms with Crippen molar-refractivity contribution in [2.75, 3.05) is 39.5 Å². The highest BCUT2D eigenvalue weighted by atomic mass is 16.5. The Morgan fingerprint density at radius 3 is 2.47 bits per heavy atom. The molecule has 0 aliphatic carbocycles. The molecule has 0 saturated carbocycles. The molecule has 0 atom stereocenters. The third-order valence-electron chi connectivity index (χ3n) is 1.29. The predicted octanol–water partition coefficient (Wildman–Crippen LogP) is -1.82. The lowest BCUT2D eigenvalue weighted by atomic mass is 10.6. The molecule has 0 spiro atoms. The molecule has 0 aromatic carbocycles. The Hall–Kier alpha value is -1.18. The van der Waals surface area contributed by atoms with Crippen molar-refractivity contribution in [3.8, 4) is 0 Å². The molecule has 0 saturated heterocycles. The highest BCUT2D eigenvalue weighted by Gasteiger charge is 2.00. The molecule has 1 amide bonds. The van der Waals surface area contributed by atoms with E-state index in [1.165, 1.54) is 0 Å². The maximum absolute atomic E-state index is 11.0. The number of amides is 1. The van der Waals surface area contributed by atoms with Gasteiger partial charge in [0, 0.05) is 13.1 Å². The van der Waals surface area contributed by atoms with E-state index in [1.807, 2.05) is 0 Å². The first kappa shape index (κ1) is 13.8. The van der Waals surface area contributed by atoms with Gasteiger partial charge in [-0.2, -0.15) is 0 Å². The molecule has 88 valence electrons. The molecule has 0 aromatic rings. The van der Waals surface area contributed by atoms with Crippen LogP contribution in [0.4, 0.5) is 0 Å². The van der Waals surface area contributed by atoms with E-state index < -0.39 is 5.97 Å². The van der Waals surface area contributed by atoms with Crippen LogP contribution < -0.4 is 11.1 Å². The van der Waals surface area contributed by atoms with Crippen LogP contribution in [-0.4, -0.2) is 56.5 Å². The molecular weight excluding hydrogens is 204 g/mol. The fourth-order valence-electron chi connectivity index (χ4n) is 0.721. The highest BCUT2D eigenvalue weighted by molar-refractivity contribution is 5.77. The molecule has 0 fully saturated rings. The van der Waals surface area contributed by atoms with Crippen molar-refractivity contribution in [2.24, 2.45) is 5.73 Å². The second-order valence-corrected chi connectivity index (χ2v) is 2.64. The van der Waals surface area contributed by atoms with Crippen LogP contribution in [0, 0.1) is 0 Å². The second kappa shape index (κ2) is 9.38. The SMILES string of the molecule is NCCOCC(=O)NCCOCC(=O)O. The van der Waals surface area contributed by atoms with Gasteiger partial charge in [-0.3, -0.25) is 4.79 Å². The first-order valence-corrected chi connectivity index (χ1v) is 4.51. The number of nitrogens with two attached hydrogens (primary N) is 1. The number of hydrogen-bond donors (Lipinski definition) is 3. The van der Waals surface area contributed by atoms with Gasteiger partial charge in [0.15, 0.2) is 0 Å². The van der Waals surface area contributed by atoms with Crippen LogP contribution in [0.5, 0.6) is 0 Å². The second-order valence-electron chi connectivity index (χ2n) is 2.64. The standard InChI is InChI=1S/C8H16N2O5/c9-1-3-14-5-7(11)10-2-4-15-6-8(12)13/h1-6,9H2,(H,10,11)(H,12,13). The minimum atomic E-state index is -1.03. The van der Waals surface area contributed by atoms with Crippen LogP contribution in [-0.2, 0) is 19.1 Å². The first-order valence-electron chi connectivity index (χ1n) is 4.51. The van der Waals surface area contributed by atoms with Gasteiger partial charge in [0.25, 0.3) is 0 Å². The summed E-state index contributed by atoms with van der Waals surface area (Å²) in [7, 11) is 0. The summed E-state index contributed by atoms with van der Waals surface area (Å²) in [6.45, 7) is 0.723. The molecule has 7 nitrogen and oxygen atoms in total. The third-order valence-corrected chi connectivity index (χ3v) is 1.29. The zero-order valence-corrected chi connectivity index (χ0v) is 8.40. The van der Waals surface area contributed by atoms with Crippen LogP contribution >= 0.6 is 0 Å². The third kappa shape index (κ3) is 10.7. The Morgan fingerprint density at radius 1 is 1.20 bits per heavy atom. The number of carbonyl (C=O) groups excluding carboxylic acids is 1. The summed E-state index contributed by atoms with van der Waals surface area (Å²) in [4.78, 5) is 21.0. The summed E-state index contributed by atoms with van der Waals surface area (Å²) in [5.74, 6) is -1.31. The topological polar surface area (TPSA) is 111 Å². The fourth-order valence-corrected chi connectivity index (χ4v) is 0.721. The van der Waals surface area contributed by atoms with Gasteiger partial charge in [0.1, 0.15) is 13.2 Å². The Balaban J connectivity index is 3.20. The number of nitrogens with one attached hydrogen (secondary N) is 1. The van der Waals surface area contributed by atoms with Crippen molar-refractivity contribution < 1.29 is 24.2 Å². The normalized spacial score (nSPS) is 9.93. The van der Waals surface area contributed by atoms with Gasteiger partial charge >= 0.3 is 5.97 Å². The number of aliphatic carboxylic acids is 1. The Kier molecular flexibility index (Phi) is 8.64. The lowest BCUT2D eigenvalue weighted by molar-refractivity contribution is -0.142. The van der Waals surface area contributed by atoms with Crippen molar-refractivity contribution in [3.05, 3.63) is 0 Å². The molecule has 0 heterocycles. The predicted molar refractivity (Wildman–Crippen MR) is 51.3 cm³/mol. The molecule has 0 aliphatic heterocycles. The fraction of sp³-hybridized carbons (Fsp3) is 0.750. The lowest BCUT2D eigenvalue weighted by Crippen LogP contribution is -2.31. The zero-order valence-electron chi connectivity index (χ0n) is 8.40. The molecule has 7 heteroatoms. The van der Waals surface area contributed by atoms with E-state index in [9.17, 15) is 9.59 Å². The Labute approximate surface area is 87.5 Å². The smallest absolute Gasteiger partial charge is 0.329 e. The number of rotatable bonds is 9. The quantitative estimate of drug-likeness (QED) is 0.394. The van der Waals surface area contributed by atoms with Crippen LogP contribution in [0.3, 0.4) is 0 Å². The molecule has 0 radical (unpaired) electrons. The summed E-state index contributed by atoms with van der Waals surface area (Å²) < 4.78 is 9.56. The first-order chi connectivity index (χ1) is 7.16. The average Bonchev–Trinajstić information content (AvgIpc) is 2.17. The van der Waals surface area contributed by atoms with E-state index >= 15 is 0 Å². The van der Waals surface area contributed by atoms with E-state index in [2.05, 4.69) is 5.32 Å². The molecule has 15 heavy (non-hydrogen) atoms. The van der Waals surface area contributed by atoms with Gasteiger partial charge in [0.2, 0.25) is 5.91 Å². The lowest BCUT2D eigenvalue weighted by Gasteiger charge is -2.05. The van der Waals surface area contributed by atoms with Crippen molar-refractivity contribution in [3.63, 3.8) is 0 Å². The number of carboxylic acids is 1. The van der Waals surface area contributed by atoms with Crippen molar-refractivity contribution in [2.45, 2.75) is 0 Å². The summed E-state index contributed by atoms with van der Waals surface area (Å²) in [5, 5.41) is 10.7. The van der Waals surface area contributed by atoms with Crippen molar-refractivity contribution in [1.82, 2.24) is 5.32 Å². The molecule has 4 N–H and O–H groups in total. The minimum absolute atomic E-state index is 0.0455. The van der Waals surface area contributed by atoms with Crippen molar-refractivity contribution in [1.29, 1.82) is 0 Å². The van der Waals surface area contributed by atoms with Crippen LogP contribution in [0.2, 0.25) is 0 Å². The summed E-state index contributed by atoms with van der Waals surface area (Å²) >= 11 is 0. The largest absolute Gasteiger partial charge is 0.480 e. The summed E-state index contributed by atoms with van der Waals surface area (Å²) in [5.41, 5.74) is 5.15. The van der Waals surface area contributed by atoms with Crippen LogP contribution in [0.15, 0.2) is 0 Å². The summed E-state index contributed by atoms with van der Waals surface area (Å²) in [6, 6.07) is 0. The molecule has 0 unspecified atom stereocenters. The average molecular weight is 220 g/mol. The van der Waals surface area contributed by atoms with Gasteiger partial charge < -0.3 is 25.6 Å². The van der Waals surface area contributed by atoms with E-state index in [4.69, 9.17) is 20.3 Å². The monoisotopic (exact) mass is 220 g/mol. The number of hydrogen-bond acceptors (Lipinski definition) is 5. The Morgan fingerprint density at radius 2 is 1.87 bits per heavy atom. The molecule has 0 aliphatic rings. The molecular formula is C8H16N2O5. The number of carbonyl (C=O) groups is 2. The maximum Gasteiger partial charge on any atom is 0.329 e. The number of ether oxygens (including phenoxy) is 2. The van der Waals surface area contributed by atoms with Gasteiger partial charge in [-0.05, 0) is 0 Å². The van der Waals surface area contributed by atoms with E-state index in [-0.39, 0.29) is 32.3 Å². The maximum atomic E-state index is 11.0. The molecule has 0 rings (SSSR count). The molecule has 0 bridgehead atoms. The van der Waals surface area contributed by atoms with Crippen molar-refractivity contribution >= 4 is 11.9 Å². The van der Waals surface area contributed by atoms with E-state index in [0.717, 1.165) is 0 Å². The summed E-state index contributed by atoms with van der Waals surface area (Å²) in [6.07, 6.45) is 0. The Bertz CT molecular complexity index is 197.